The molecule has 1 amide bonds. The van der Waals surface area contributed by atoms with Crippen molar-refractivity contribution >= 4 is 11.6 Å². The standard InChI is InChI=1S/C22H35NO3/c1-6-13-25-22(12-8-9-16(3)15-22)21(24)23-19-10-11-20(17(4)14-19)26-18(5)7-2/h10-11,14,16,18H,6-9,12-13,15H2,1-5H3,(H,23,24)/t16-,18-,22+/m0/s1. The van der Waals surface area contributed by atoms with Crippen LogP contribution in [-0.4, -0.2) is 24.2 Å². The van der Waals surface area contributed by atoms with Gasteiger partial charge in [0, 0.05) is 12.3 Å². The van der Waals surface area contributed by atoms with Gasteiger partial charge in [-0.3, -0.25) is 4.79 Å². The van der Waals surface area contributed by atoms with E-state index >= 15 is 0 Å². The van der Waals surface area contributed by atoms with Crippen molar-refractivity contribution in [3.05, 3.63) is 23.8 Å². The van der Waals surface area contributed by atoms with Crippen LogP contribution in [-0.2, 0) is 9.53 Å². The van der Waals surface area contributed by atoms with Crippen LogP contribution in [0.4, 0.5) is 5.69 Å². The lowest BCUT2D eigenvalue weighted by Crippen LogP contribution is -2.48. The Hall–Kier alpha value is -1.55. The first kappa shape index (κ1) is 20.8. The molecule has 1 aliphatic rings. The number of hydrogen-bond donors (Lipinski definition) is 1. The predicted octanol–water partition coefficient (Wildman–Crippen LogP) is 5.49. The summed E-state index contributed by atoms with van der Waals surface area (Å²) in [6.45, 7) is 11.1. The number of aryl methyl sites for hydroxylation is 1. The van der Waals surface area contributed by atoms with Crippen molar-refractivity contribution in [2.45, 2.75) is 84.8 Å². The fraction of sp³-hybridized carbons (Fsp3) is 0.682. The molecule has 2 rings (SSSR count). The Balaban J connectivity index is 2.12. The number of carbonyl (C=O) groups excluding carboxylic acids is 1. The van der Waals surface area contributed by atoms with Crippen LogP contribution in [0.5, 0.6) is 5.75 Å². The fourth-order valence-electron chi connectivity index (χ4n) is 3.61. The van der Waals surface area contributed by atoms with Crippen LogP contribution < -0.4 is 10.1 Å². The van der Waals surface area contributed by atoms with Crippen molar-refractivity contribution in [1.29, 1.82) is 0 Å². The van der Waals surface area contributed by atoms with Crippen LogP contribution in [0.2, 0.25) is 0 Å². The predicted molar refractivity (Wildman–Crippen MR) is 107 cm³/mol. The van der Waals surface area contributed by atoms with E-state index < -0.39 is 5.60 Å². The average molecular weight is 362 g/mol. The highest BCUT2D eigenvalue weighted by molar-refractivity contribution is 5.97. The minimum absolute atomic E-state index is 0.00695. The van der Waals surface area contributed by atoms with Gasteiger partial charge >= 0.3 is 0 Å². The maximum absolute atomic E-state index is 13.1. The van der Waals surface area contributed by atoms with Gasteiger partial charge in [-0.25, -0.2) is 0 Å². The highest BCUT2D eigenvalue weighted by atomic mass is 16.5. The van der Waals surface area contributed by atoms with Crippen LogP contribution in [0, 0.1) is 12.8 Å². The van der Waals surface area contributed by atoms with Crippen LogP contribution in [0.15, 0.2) is 18.2 Å². The number of hydrogen-bond acceptors (Lipinski definition) is 3. The number of benzene rings is 1. The Morgan fingerprint density at radius 1 is 1.38 bits per heavy atom. The Bertz CT molecular complexity index is 601. The molecule has 0 heterocycles. The SMILES string of the molecule is CCCO[C@]1(C(=O)Nc2ccc(O[C@@H](C)CC)c(C)c2)CCC[C@H](C)C1. The molecule has 146 valence electrons. The monoisotopic (exact) mass is 361 g/mol. The van der Waals surface area contributed by atoms with E-state index in [1.807, 2.05) is 25.1 Å². The van der Waals surface area contributed by atoms with E-state index in [1.165, 1.54) is 6.42 Å². The molecule has 0 spiro atoms. The molecule has 0 unspecified atom stereocenters. The highest BCUT2D eigenvalue weighted by Gasteiger charge is 2.42. The summed E-state index contributed by atoms with van der Waals surface area (Å²) in [4.78, 5) is 13.1. The maximum Gasteiger partial charge on any atom is 0.256 e. The van der Waals surface area contributed by atoms with Crippen molar-refractivity contribution in [3.8, 4) is 5.75 Å². The smallest absolute Gasteiger partial charge is 0.256 e. The summed E-state index contributed by atoms with van der Waals surface area (Å²) in [5.74, 6) is 1.38. The molecule has 0 radical (unpaired) electrons. The molecule has 26 heavy (non-hydrogen) atoms. The number of amides is 1. The van der Waals surface area contributed by atoms with Crippen molar-refractivity contribution < 1.29 is 14.3 Å². The fourth-order valence-corrected chi connectivity index (χ4v) is 3.61. The van der Waals surface area contributed by atoms with Crippen LogP contribution in [0.1, 0.15) is 71.8 Å². The third-order valence-corrected chi connectivity index (χ3v) is 5.29. The minimum atomic E-state index is -0.687. The first-order valence-corrected chi connectivity index (χ1v) is 10.1. The number of carbonyl (C=O) groups is 1. The molecule has 4 nitrogen and oxygen atoms in total. The second-order valence-corrected chi connectivity index (χ2v) is 7.82. The summed E-state index contributed by atoms with van der Waals surface area (Å²) >= 11 is 0. The Labute approximate surface area is 158 Å². The lowest BCUT2D eigenvalue weighted by Gasteiger charge is -2.38. The van der Waals surface area contributed by atoms with Crippen LogP contribution in [0.25, 0.3) is 0 Å². The van der Waals surface area contributed by atoms with Gasteiger partial charge in [-0.15, -0.1) is 0 Å². The Kier molecular flexibility index (Phi) is 7.51. The van der Waals surface area contributed by atoms with Gasteiger partial charge in [-0.05, 0) is 75.6 Å². The third kappa shape index (κ3) is 5.23. The second-order valence-electron chi connectivity index (χ2n) is 7.82. The van der Waals surface area contributed by atoms with Crippen LogP contribution in [0.3, 0.4) is 0 Å². The second kappa shape index (κ2) is 9.40. The van der Waals surface area contributed by atoms with Gasteiger partial charge in [-0.2, -0.15) is 0 Å². The van der Waals surface area contributed by atoms with Crippen LogP contribution >= 0.6 is 0 Å². The number of anilines is 1. The Morgan fingerprint density at radius 3 is 2.77 bits per heavy atom. The third-order valence-electron chi connectivity index (χ3n) is 5.29. The quantitative estimate of drug-likeness (QED) is 0.666. The van der Waals surface area contributed by atoms with Gasteiger partial charge in [0.2, 0.25) is 0 Å². The number of rotatable bonds is 8. The van der Waals surface area contributed by atoms with Gasteiger partial charge in [0.05, 0.1) is 6.10 Å². The van der Waals surface area contributed by atoms with E-state index in [1.54, 1.807) is 0 Å². The molecule has 0 aliphatic heterocycles. The largest absolute Gasteiger partial charge is 0.490 e. The molecular formula is C22H35NO3. The topological polar surface area (TPSA) is 47.6 Å². The van der Waals surface area contributed by atoms with Gasteiger partial charge in [0.15, 0.2) is 0 Å². The summed E-state index contributed by atoms with van der Waals surface area (Å²) in [6.07, 6.45) is 5.88. The molecule has 1 saturated carbocycles. The molecule has 1 N–H and O–H groups in total. The van der Waals surface area contributed by atoms with E-state index in [2.05, 4.69) is 33.0 Å². The first-order valence-electron chi connectivity index (χ1n) is 10.1. The van der Waals surface area contributed by atoms with E-state index in [0.29, 0.717) is 12.5 Å². The maximum atomic E-state index is 13.1. The summed E-state index contributed by atoms with van der Waals surface area (Å²) in [5.41, 5.74) is 1.15. The number of nitrogens with one attached hydrogen (secondary N) is 1. The lowest BCUT2D eigenvalue weighted by molar-refractivity contribution is -0.148. The summed E-state index contributed by atoms with van der Waals surface area (Å²) < 4.78 is 12.0. The molecular weight excluding hydrogens is 326 g/mol. The highest BCUT2D eigenvalue weighted by Crippen LogP contribution is 2.36. The molecule has 3 atom stereocenters. The van der Waals surface area contributed by atoms with E-state index in [-0.39, 0.29) is 12.0 Å². The normalized spacial score (nSPS) is 24.1. The zero-order valence-corrected chi connectivity index (χ0v) is 17.1. The molecule has 0 bridgehead atoms. The molecule has 1 aliphatic carbocycles. The van der Waals surface area contributed by atoms with Crippen molar-refractivity contribution in [2.24, 2.45) is 5.92 Å². The van der Waals surface area contributed by atoms with Gasteiger partial charge < -0.3 is 14.8 Å². The molecule has 1 aromatic rings. The summed E-state index contributed by atoms with van der Waals surface area (Å²) in [7, 11) is 0. The Morgan fingerprint density at radius 2 is 2.15 bits per heavy atom. The molecule has 1 aromatic carbocycles. The lowest BCUT2D eigenvalue weighted by atomic mass is 9.78. The summed E-state index contributed by atoms with van der Waals surface area (Å²) in [6, 6.07) is 5.85. The average Bonchev–Trinajstić information content (AvgIpc) is 2.62. The number of ether oxygens (including phenoxy) is 2. The molecule has 0 saturated heterocycles. The summed E-state index contributed by atoms with van der Waals surface area (Å²) in [5, 5.41) is 3.10. The first-order chi connectivity index (χ1) is 12.4. The zero-order valence-electron chi connectivity index (χ0n) is 17.1. The van der Waals surface area contributed by atoms with E-state index in [9.17, 15) is 4.79 Å². The molecule has 4 heteroatoms. The molecule has 0 aromatic heterocycles. The molecule has 1 fully saturated rings. The van der Waals surface area contributed by atoms with Gasteiger partial charge in [0.1, 0.15) is 11.4 Å². The van der Waals surface area contributed by atoms with Gasteiger partial charge in [0.25, 0.3) is 5.91 Å². The van der Waals surface area contributed by atoms with E-state index in [0.717, 1.165) is 49.1 Å². The van der Waals surface area contributed by atoms with Crippen molar-refractivity contribution in [2.75, 3.05) is 11.9 Å². The minimum Gasteiger partial charge on any atom is -0.490 e. The van der Waals surface area contributed by atoms with Crippen molar-refractivity contribution in [1.82, 2.24) is 0 Å². The van der Waals surface area contributed by atoms with E-state index in [4.69, 9.17) is 9.47 Å². The zero-order chi connectivity index (χ0) is 19.2. The van der Waals surface area contributed by atoms with Gasteiger partial charge in [-0.1, -0.05) is 27.2 Å². The van der Waals surface area contributed by atoms with Crippen molar-refractivity contribution in [3.63, 3.8) is 0 Å².